The molecule has 0 bridgehead atoms. The van der Waals surface area contributed by atoms with Crippen LogP contribution in [-0.4, -0.2) is 16.6 Å². The Hall–Kier alpha value is -2.11. The van der Waals surface area contributed by atoms with Crippen LogP contribution in [0.3, 0.4) is 0 Å². The number of hydrogen-bond acceptors (Lipinski definition) is 4. The van der Waals surface area contributed by atoms with Crippen LogP contribution >= 0.6 is 11.6 Å². The van der Waals surface area contributed by atoms with Gasteiger partial charge in [0.15, 0.2) is 5.75 Å². The van der Waals surface area contributed by atoms with Crippen LogP contribution in [0.5, 0.6) is 5.75 Å². The summed E-state index contributed by atoms with van der Waals surface area (Å²) < 4.78 is 5.32. The first kappa shape index (κ1) is 14.3. The molecule has 0 amide bonds. The maximum Gasteiger partial charge on any atom is 0.312 e. The normalized spacial score (nSPS) is 11.9. The van der Waals surface area contributed by atoms with Gasteiger partial charge in [0.2, 0.25) is 0 Å². The van der Waals surface area contributed by atoms with Crippen molar-refractivity contribution in [2.24, 2.45) is 0 Å². The molecular weight excluding hydrogens is 282 g/mol. The topological polar surface area (TPSA) is 72.6 Å². The Kier molecular flexibility index (Phi) is 4.55. The quantitative estimate of drug-likeness (QED) is 0.677. The second kappa shape index (κ2) is 6.36. The third kappa shape index (κ3) is 3.46. The van der Waals surface area contributed by atoms with Crippen LogP contribution < -0.4 is 4.74 Å². The summed E-state index contributed by atoms with van der Waals surface area (Å²) in [4.78, 5) is 10.3. The zero-order valence-corrected chi connectivity index (χ0v) is 11.2. The number of rotatable bonds is 5. The van der Waals surface area contributed by atoms with Crippen molar-refractivity contribution in [3.05, 3.63) is 69.2 Å². The number of nitro groups is 1. The van der Waals surface area contributed by atoms with E-state index in [9.17, 15) is 15.2 Å². The minimum atomic E-state index is -0.855. The van der Waals surface area contributed by atoms with Crippen molar-refractivity contribution in [2.45, 2.75) is 6.10 Å². The molecule has 2 aromatic rings. The third-order valence-electron chi connectivity index (χ3n) is 2.70. The highest BCUT2D eigenvalue weighted by atomic mass is 35.5. The van der Waals surface area contributed by atoms with Crippen molar-refractivity contribution in [3.63, 3.8) is 0 Å². The highest BCUT2D eigenvalue weighted by Gasteiger charge is 2.17. The number of nitro benzene ring substituents is 1. The van der Waals surface area contributed by atoms with E-state index in [1.165, 1.54) is 18.2 Å². The Morgan fingerprint density at radius 2 is 1.95 bits per heavy atom. The van der Waals surface area contributed by atoms with Crippen molar-refractivity contribution in [1.29, 1.82) is 0 Å². The van der Waals surface area contributed by atoms with E-state index < -0.39 is 11.0 Å². The molecule has 5 nitrogen and oxygen atoms in total. The molecular formula is C14H12ClNO4. The summed E-state index contributed by atoms with van der Waals surface area (Å²) in [5, 5.41) is 21.1. The van der Waals surface area contributed by atoms with E-state index in [1.54, 1.807) is 24.3 Å². The molecule has 6 heteroatoms. The van der Waals surface area contributed by atoms with Gasteiger partial charge in [0, 0.05) is 11.1 Å². The van der Waals surface area contributed by atoms with Gasteiger partial charge in [0.25, 0.3) is 0 Å². The molecule has 20 heavy (non-hydrogen) atoms. The van der Waals surface area contributed by atoms with E-state index in [1.807, 2.05) is 6.07 Å². The molecule has 0 aliphatic rings. The van der Waals surface area contributed by atoms with Gasteiger partial charge in [-0.1, -0.05) is 41.9 Å². The third-order valence-corrected chi connectivity index (χ3v) is 2.93. The molecule has 2 rings (SSSR count). The van der Waals surface area contributed by atoms with E-state index in [0.29, 0.717) is 5.56 Å². The summed E-state index contributed by atoms with van der Waals surface area (Å²) in [6.07, 6.45) is -0.855. The zero-order valence-electron chi connectivity index (χ0n) is 10.4. The van der Waals surface area contributed by atoms with Crippen LogP contribution in [0.4, 0.5) is 5.69 Å². The molecule has 0 aliphatic carbocycles. The van der Waals surface area contributed by atoms with E-state index in [0.717, 1.165) is 0 Å². The largest absolute Gasteiger partial charge is 0.484 e. The monoisotopic (exact) mass is 293 g/mol. The predicted octanol–water partition coefficient (Wildman–Crippen LogP) is 3.36. The fraction of sp³-hybridized carbons (Fsp3) is 0.143. The summed E-state index contributed by atoms with van der Waals surface area (Å²) in [6.45, 7) is -0.0769. The van der Waals surface area contributed by atoms with Crippen molar-refractivity contribution < 1.29 is 14.8 Å². The predicted molar refractivity (Wildman–Crippen MR) is 75.0 cm³/mol. The number of nitrogens with zero attached hydrogens (tertiary/aromatic N) is 1. The number of halogens is 1. The number of aliphatic hydroxyl groups excluding tert-OH is 1. The average Bonchev–Trinajstić information content (AvgIpc) is 2.46. The first-order chi connectivity index (χ1) is 9.58. The summed E-state index contributed by atoms with van der Waals surface area (Å²) in [5.74, 6) is 0.0781. The smallest absolute Gasteiger partial charge is 0.312 e. The molecule has 0 spiro atoms. The van der Waals surface area contributed by atoms with Crippen LogP contribution in [0.15, 0.2) is 48.5 Å². The Morgan fingerprint density at radius 1 is 1.25 bits per heavy atom. The molecule has 1 atom stereocenters. The van der Waals surface area contributed by atoms with Gasteiger partial charge >= 0.3 is 5.69 Å². The molecule has 0 heterocycles. The van der Waals surface area contributed by atoms with Gasteiger partial charge in [0.05, 0.1) is 4.92 Å². The molecule has 0 aromatic heterocycles. The van der Waals surface area contributed by atoms with Crippen LogP contribution in [0.1, 0.15) is 11.7 Å². The molecule has 0 saturated carbocycles. The van der Waals surface area contributed by atoms with Gasteiger partial charge in [0.1, 0.15) is 12.7 Å². The summed E-state index contributed by atoms with van der Waals surface area (Å²) in [7, 11) is 0. The van der Waals surface area contributed by atoms with E-state index in [2.05, 4.69) is 0 Å². The second-order valence-corrected chi connectivity index (χ2v) is 4.54. The maximum absolute atomic E-state index is 10.9. The molecule has 1 unspecified atom stereocenters. The molecule has 0 aliphatic heterocycles. The summed E-state index contributed by atoms with van der Waals surface area (Å²) in [5.41, 5.74) is 0.460. The lowest BCUT2D eigenvalue weighted by Gasteiger charge is -2.12. The first-order valence-corrected chi connectivity index (χ1v) is 6.25. The minimum Gasteiger partial charge on any atom is -0.484 e. The number of aliphatic hydroxyl groups is 1. The summed E-state index contributed by atoms with van der Waals surface area (Å²) in [6, 6.07) is 13.1. The standard InChI is InChI=1S/C14H12ClNO4/c15-11-6-7-14(12(8-11)16(18)19)20-9-13(17)10-4-2-1-3-5-10/h1-8,13,17H,9H2. The van der Waals surface area contributed by atoms with Crippen molar-refractivity contribution in [3.8, 4) is 5.75 Å². The van der Waals surface area contributed by atoms with Gasteiger partial charge in [-0.15, -0.1) is 0 Å². The maximum atomic E-state index is 10.9. The Labute approximate surface area is 120 Å². The van der Waals surface area contributed by atoms with Gasteiger partial charge < -0.3 is 9.84 Å². The lowest BCUT2D eigenvalue weighted by atomic mass is 10.1. The highest BCUT2D eigenvalue weighted by Crippen LogP contribution is 2.30. The van der Waals surface area contributed by atoms with Gasteiger partial charge in [-0.25, -0.2) is 0 Å². The minimum absolute atomic E-state index is 0.0769. The Balaban J connectivity index is 2.09. The van der Waals surface area contributed by atoms with Crippen LogP contribution in [0, 0.1) is 10.1 Å². The van der Waals surface area contributed by atoms with Crippen LogP contribution in [-0.2, 0) is 0 Å². The number of hydrogen-bond donors (Lipinski definition) is 1. The lowest BCUT2D eigenvalue weighted by molar-refractivity contribution is -0.385. The van der Waals surface area contributed by atoms with Gasteiger partial charge in [-0.2, -0.15) is 0 Å². The average molecular weight is 294 g/mol. The zero-order chi connectivity index (χ0) is 14.5. The van der Waals surface area contributed by atoms with E-state index in [-0.39, 0.29) is 23.1 Å². The van der Waals surface area contributed by atoms with Crippen LogP contribution in [0.25, 0.3) is 0 Å². The van der Waals surface area contributed by atoms with E-state index >= 15 is 0 Å². The SMILES string of the molecule is O=[N+]([O-])c1cc(Cl)ccc1OCC(O)c1ccccc1. The molecule has 0 saturated heterocycles. The molecule has 2 aromatic carbocycles. The second-order valence-electron chi connectivity index (χ2n) is 4.11. The Bertz CT molecular complexity index is 603. The number of benzene rings is 2. The van der Waals surface area contributed by atoms with Crippen molar-refractivity contribution >= 4 is 17.3 Å². The lowest BCUT2D eigenvalue weighted by Crippen LogP contribution is -2.10. The highest BCUT2D eigenvalue weighted by molar-refractivity contribution is 6.30. The molecule has 104 valence electrons. The van der Waals surface area contributed by atoms with Crippen molar-refractivity contribution in [2.75, 3.05) is 6.61 Å². The summed E-state index contributed by atoms with van der Waals surface area (Å²) >= 11 is 5.71. The van der Waals surface area contributed by atoms with Crippen molar-refractivity contribution in [1.82, 2.24) is 0 Å². The Morgan fingerprint density at radius 3 is 2.60 bits per heavy atom. The van der Waals surface area contributed by atoms with Crippen LogP contribution in [0.2, 0.25) is 5.02 Å². The molecule has 0 radical (unpaired) electrons. The fourth-order valence-electron chi connectivity index (χ4n) is 1.70. The number of ether oxygens (including phenoxy) is 1. The molecule has 0 fully saturated rings. The van der Waals surface area contributed by atoms with Gasteiger partial charge in [-0.05, 0) is 17.7 Å². The van der Waals surface area contributed by atoms with E-state index in [4.69, 9.17) is 16.3 Å². The fourth-order valence-corrected chi connectivity index (χ4v) is 1.86. The first-order valence-electron chi connectivity index (χ1n) is 5.87. The van der Waals surface area contributed by atoms with Gasteiger partial charge in [-0.3, -0.25) is 10.1 Å². The molecule has 1 N–H and O–H groups in total.